The smallest absolute Gasteiger partial charge is 0.257 e. The molecule has 0 spiro atoms. The molecule has 2 aliphatic heterocycles. The lowest BCUT2D eigenvalue weighted by molar-refractivity contribution is -0.129. The number of aryl methyl sites for hydroxylation is 1. The highest BCUT2D eigenvalue weighted by Crippen LogP contribution is 2.34. The van der Waals surface area contributed by atoms with Crippen molar-refractivity contribution >= 4 is 34.4 Å². The summed E-state index contributed by atoms with van der Waals surface area (Å²) in [4.78, 5) is 27.4. The molecule has 150 valence electrons. The van der Waals surface area contributed by atoms with Gasteiger partial charge in [-0.25, -0.2) is 4.39 Å². The number of nitrogens with zero attached hydrogens (tertiary/aromatic N) is 2. The fourth-order valence-corrected chi connectivity index (χ4v) is 3.84. The summed E-state index contributed by atoms with van der Waals surface area (Å²) in [7, 11) is 0. The van der Waals surface area contributed by atoms with Crippen molar-refractivity contribution in [2.75, 3.05) is 41.7 Å². The van der Waals surface area contributed by atoms with Gasteiger partial charge < -0.3 is 20.4 Å². The minimum Gasteiger partial charge on any atom is -0.366 e. The Hall–Kier alpha value is -3.35. The third-order valence-corrected chi connectivity index (χ3v) is 5.43. The summed E-state index contributed by atoms with van der Waals surface area (Å²) in [6.45, 7) is 5.89. The van der Waals surface area contributed by atoms with Gasteiger partial charge in [-0.1, -0.05) is 12.1 Å². The number of piperazine rings is 1. The normalized spacial score (nSPS) is 17.3. The van der Waals surface area contributed by atoms with Crippen molar-refractivity contribution in [3.8, 4) is 0 Å². The Kier molecular flexibility index (Phi) is 4.96. The second-order valence-corrected chi connectivity index (χ2v) is 7.31. The van der Waals surface area contributed by atoms with E-state index in [1.807, 2.05) is 30.0 Å². The highest BCUT2D eigenvalue weighted by atomic mass is 19.1. The quantitative estimate of drug-likeness (QED) is 0.785. The molecule has 2 N–H and O–H groups in total. The van der Waals surface area contributed by atoms with E-state index in [1.165, 1.54) is 6.07 Å². The van der Waals surface area contributed by atoms with Crippen LogP contribution in [0.3, 0.4) is 0 Å². The molecule has 2 amide bonds. The topological polar surface area (TPSA) is 64.7 Å². The second-order valence-electron chi connectivity index (χ2n) is 7.31. The lowest BCUT2D eigenvalue weighted by atomic mass is 10.0. The van der Waals surface area contributed by atoms with Gasteiger partial charge in [0.25, 0.3) is 5.91 Å². The van der Waals surface area contributed by atoms with Crippen molar-refractivity contribution < 1.29 is 14.0 Å². The van der Waals surface area contributed by atoms with Gasteiger partial charge in [0.05, 0.1) is 11.3 Å². The molecule has 4 rings (SSSR count). The van der Waals surface area contributed by atoms with Crippen molar-refractivity contribution in [1.82, 2.24) is 4.90 Å². The van der Waals surface area contributed by atoms with Gasteiger partial charge in [0.15, 0.2) is 0 Å². The zero-order chi connectivity index (χ0) is 20.5. The maximum atomic E-state index is 14.7. The van der Waals surface area contributed by atoms with Crippen LogP contribution in [0, 0.1) is 12.7 Å². The minimum atomic E-state index is -0.336. The molecule has 1 saturated heterocycles. The van der Waals surface area contributed by atoms with Crippen LogP contribution < -0.4 is 15.5 Å². The molecule has 0 aromatic heterocycles. The summed E-state index contributed by atoms with van der Waals surface area (Å²) in [5.74, 6) is -0.468. The van der Waals surface area contributed by atoms with Crippen LogP contribution in [-0.4, -0.2) is 42.9 Å². The van der Waals surface area contributed by atoms with Crippen LogP contribution in [0.15, 0.2) is 42.6 Å². The monoisotopic (exact) mass is 394 g/mol. The molecule has 0 unspecified atom stereocenters. The molecule has 1 fully saturated rings. The molecular formula is C22H23FN4O2. The average molecular weight is 394 g/mol. The Bertz CT molecular complexity index is 1010. The summed E-state index contributed by atoms with van der Waals surface area (Å²) >= 11 is 0. The van der Waals surface area contributed by atoms with E-state index in [4.69, 9.17) is 0 Å². The maximum absolute atomic E-state index is 14.7. The van der Waals surface area contributed by atoms with Crippen LogP contribution in [-0.2, 0) is 9.59 Å². The number of benzene rings is 2. The van der Waals surface area contributed by atoms with Gasteiger partial charge in [0.2, 0.25) is 5.91 Å². The first-order valence-electron chi connectivity index (χ1n) is 9.62. The first kappa shape index (κ1) is 19.0. The standard InChI is InChI=1S/C22H23FN4O2/c1-14-4-3-5-19-21(14)17(22(29)25-19)13-24-16-6-7-20(18(23)12-16)27-10-8-26(9-11-27)15(2)28/h3-7,12-13,24H,8-11H2,1-2H3,(H,25,29). The number of hydrogen-bond donors (Lipinski definition) is 2. The summed E-state index contributed by atoms with van der Waals surface area (Å²) in [6.07, 6.45) is 1.62. The molecule has 0 radical (unpaired) electrons. The Morgan fingerprint density at radius 3 is 2.62 bits per heavy atom. The molecule has 2 heterocycles. The number of fused-ring (bicyclic) bond motifs is 1. The maximum Gasteiger partial charge on any atom is 0.257 e. The lowest BCUT2D eigenvalue weighted by Crippen LogP contribution is -2.48. The lowest BCUT2D eigenvalue weighted by Gasteiger charge is -2.35. The number of carbonyl (C=O) groups excluding carboxylic acids is 2. The third kappa shape index (κ3) is 3.68. The van der Waals surface area contributed by atoms with Gasteiger partial charge in [-0.2, -0.15) is 0 Å². The van der Waals surface area contributed by atoms with E-state index in [9.17, 15) is 14.0 Å². The number of amides is 2. The first-order chi connectivity index (χ1) is 13.9. The van der Waals surface area contributed by atoms with Crippen LogP contribution >= 0.6 is 0 Å². The zero-order valence-corrected chi connectivity index (χ0v) is 16.5. The predicted octanol–water partition coefficient (Wildman–Crippen LogP) is 3.21. The van der Waals surface area contributed by atoms with E-state index >= 15 is 0 Å². The van der Waals surface area contributed by atoms with Crippen LogP contribution in [0.5, 0.6) is 0 Å². The second kappa shape index (κ2) is 7.58. The van der Waals surface area contributed by atoms with Crippen LogP contribution in [0.1, 0.15) is 18.1 Å². The van der Waals surface area contributed by atoms with Crippen LogP contribution in [0.25, 0.3) is 5.57 Å². The fourth-order valence-electron chi connectivity index (χ4n) is 3.84. The summed E-state index contributed by atoms with van der Waals surface area (Å²) in [5.41, 5.74) is 4.27. The van der Waals surface area contributed by atoms with Gasteiger partial charge in [-0.05, 0) is 36.8 Å². The Morgan fingerprint density at radius 2 is 1.93 bits per heavy atom. The average Bonchev–Trinajstić information content (AvgIpc) is 3.03. The number of anilines is 3. The Balaban J connectivity index is 1.49. The molecule has 2 aromatic carbocycles. The van der Waals surface area contributed by atoms with E-state index < -0.39 is 0 Å². The van der Waals surface area contributed by atoms with Crippen molar-refractivity contribution in [3.63, 3.8) is 0 Å². The molecule has 29 heavy (non-hydrogen) atoms. The SMILES string of the molecule is CC(=O)N1CCN(c2ccc(NC=C3C(=O)Nc4cccc(C)c43)cc2F)CC1. The van der Waals surface area contributed by atoms with Gasteiger partial charge in [-0.15, -0.1) is 0 Å². The molecular weight excluding hydrogens is 371 g/mol. The molecule has 0 atom stereocenters. The molecule has 0 aliphatic carbocycles. The van der Waals surface area contributed by atoms with Gasteiger partial charge in [0.1, 0.15) is 5.82 Å². The molecule has 2 aliphatic rings. The van der Waals surface area contributed by atoms with Crippen molar-refractivity contribution in [1.29, 1.82) is 0 Å². The third-order valence-electron chi connectivity index (χ3n) is 5.43. The highest BCUT2D eigenvalue weighted by Gasteiger charge is 2.25. The number of halogens is 1. The van der Waals surface area contributed by atoms with Gasteiger partial charge in [-0.3, -0.25) is 9.59 Å². The van der Waals surface area contributed by atoms with Gasteiger partial charge >= 0.3 is 0 Å². The number of rotatable bonds is 3. The largest absolute Gasteiger partial charge is 0.366 e. The molecule has 6 nitrogen and oxygen atoms in total. The highest BCUT2D eigenvalue weighted by molar-refractivity contribution is 6.32. The number of hydrogen-bond acceptors (Lipinski definition) is 4. The van der Waals surface area contributed by atoms with Crippen LogP contribution in [0.4, 0.5) is 21.5 Å². The summed E-state index contributed by atoms with van der Waals surface area (Å²) in [5, 5.41) is 5.89. The fraction of sp³-hybridized carbons (Fsp3) is 0.273. The predicted molar refractivity (Wildman–Crippen MR) is 112 cm³/mol. The Morgan fingerprint density at radius 1 is 1.17 bits per heavy atom. The molecule has 2 aromatic rings. The van der Waals surface area contributed by atoms with Gasteiger partial charge in [0, 0.05) is 56.2 Å². The van der Waals surface area contributed by atoms with Crippen molar-refractivity contribution in [2.24, 2.45) is 0 Å². The Labute approximate surface area is 169 Å². The van der Waals surface area contributed by atoms with Crippen LogP contribution in [0.2, 0.25) is 0 Å². The summed E-state index contributed by atoms with van der Waals surface area (Å²) < 4.78 is 14.7. The summed E-state index contributed by atoms with van der Waals surface area (Å²) in [6, 6.07) is 10.7. The molecule has 0 saturated carbocycles. The molecule has 7 heteroatoms. The van der Waals surface area contributed by atoms with E-state index in [-0.39, 0.29) is 17.6 Å². The van der Waals surface area contributed by atoms with E-state index in [0.29, 0.717) is 43.1 Å². The van der Waals surface area contributed by atoms with E-state index in [1.54, 1.807) is 30.2 Å². The van der Waals surface area contributed by atoms with E-state index in [2.05, 4.69) is 10.6 Å². The first-order valence-corrected chi connectivity index (χ1v) is 9.62. The minimum absolute atomic E-state index is 0.0467. The van der Waals surface area contributed by atoms with Crippen molar-refractivity contribution in [3.05, 3.63) is 59.5 Å². The number of nitrogens with one attached hydrogen (secondary N) is 2. The van der Waals surface area contributed by atoms with E-state index in [0.717, 1.165) is 16.8 Å². The number of carbonyl (C=O) groups is 2. The zero-order valence-electron chi connectivity index (χ0n) is 16.5. The van der Waals surface area contributed by atoms with Crippen molar-refractivity contribution in [2.45, 2.75) is 13.8 Å². The molecule has 0 bridgehead atoms.